The first-order valence-corrected chi connectivity index (χ1v) is 7.99. The summed E-state index contributed by atoms with van der Waals surface area (Å²) in [5.74, 6) is -1.45. The largest absolute Gasteiger partial charge is 0.481 e. The van der Waals surface area contributed by atoms with E-state index in [9.17, 15) is 14.7 Å². The number of rotatable bonds is 4. The zero-order valence-corrected chi connectivity index (χ0v) is 13.6. The highest BCUT2D eigenvalue weighted by atomic mass is 79.9. The van der Waals surface area contributed by atoms with E-state index in [1.165, 1.54) is 0 Å². The summed E-state index contributed by atoms with van der Waals surface area (Å²) in [4.78, 5) is 23.7. The van der Waals surface area contributed by atoms with Gasteiger partial charge < -0.3 is 10.4 Å². The van der Waals surface area contributed by atoms with Crippen LogP contribution in [-0.2, 0) is 16.0 Å². The van der Waals surface area contributed by atoms with Gasteiger partial charge in [-0.15, -0.1) is 0 Å². The Morgan fingerprint density at radius 1 is 1.38 bits per heavy atom. The van der Waals surface area contributed by atoms with Gasteiger partial charge in [0.1, 0.15) is 0 Å². The van der Waals surface area contributed by atoms with Crippen LogP contribution in [0.3, 0.4) is 0 Å². The molecule has 0 heterocycles. The van der Waals surface area contributed by atoms with Gasteiger partial charge in [-0.3, -0.25) is 9.59 Å². The predicted molar refractivity (Wildman–Crippen MR) is 84.0 cm³/mol. The van der Waals surface area contributed by atoms with Crippen LogP contribution in [0.4, 0.5) is 0 Å². The van der Waals surface area contributed by atoms with Crippen molar-refractivity contribution in [1.29, 1.82) is 0 Å². The number of hydrogen-bond donors (Lipinski definition) is 2. The van der Waals surface area contributed by atoms with Gasteiger partial charge in [0.05, 0.1) is 17.9 Å². The van der Waals surface area contributed by atoms with E-state index >= 15 is 0 Å². The maximum atomic E-state index is 12.3. The molecule has 114 valence electrons. The highest BCUT2D eigenvalue weighted by molar-refractivity contribution is 9.10. The van der Waals surface area contributed by atoms with Crippen molar-refractivity contribution in [3.05, 3.63) is 34.3 Å². The summed E-state index contributed by atoms with van der Waals surface area (Å²) in [7, 11) is 0. The van der Waals surface area contributed by atoms with Crippen molar-refractivity contribution < 1.29 is 14.7 Å². The van der Waals surface area contributed by atoms with Gasteiger partial charge in [0.15, 0.2) is 0 Å². The molecule has 0 spiro atoms. The Hall–Kier alpha value is -1.36. The van der Waals surface area contributed by atoms with E-state index in [1.54, 1.807) is 0 Å². The SMILES string of the molecule is CC1(NC(=O)Cc2ccccc2Br)CCCCC1C(=O)O. The van der Waals surface area contributed by atoms with Crippen LogP contribution in [0.15, 0.2) is 28.7 Å². The lowest BCUT2D eigenvalue weighted by molar-refractivity contribution is -0.146. The number of hydrogen-bond acceptors (Lipinski definition) is 2. The van der Waals surface area contributed by atoms with Crippen LogP contribution in [0.1, 0.15) is 38.2 Å². The second-order valence-electron chi connectivity index (χ2n) is 5.87. The number of halogens is 1. The summed E-state index contributed by atoms with van der Waals surface area (Å²) in [6.07, 6.45) is 3.46. The minimum atomic E-state index is -0.821. The summed E-state index contributed by atoms with van der Waals surface area (Å²) in [5.41, 5.74) is 0.254. The molecular weight excluding hydrogens is 334 g/mol. The molecule has 5 heteroatoms. The molecule has 2 atom stereocenters. The zero-order valence-electron chi connectivity index (χ0n) is 12.1. The molecule has 1 aliphatic carbocycles. The average molecular weight is 354 g/mol. The van der Waals surface area contributed by atoms with E-state index in [-0.39, 0.29) is 12.3 Å². The molecule has 4 nitrogen and oxygen atoms in total. The number of aliphatic carboxylic acids is 1. The first-order valence-electron chi connectivity index (χ1n) is 7.19. The fourth-order valence-electron chi connectivity index (χ4n) is 3.06. The monoisotopic (exact) mass is 353 g/mol. The van der Waals surface area contributed by atoms with Gasteiger partial charge in [0.25, 0.3) is 0 Å². The molecule has 0 radical (unpaired) electrons. The summed E-state index contributed by atoms with van der Waals surface area (Å²) >= 11 is 3.42. The maximum Gasteiger partial charge on any atom is 0.308 e. The van der Waals surface area contributed by atoms with Crippen molar-refractivity contribution in [2.75, 3.05) is 0 Å². The molecule has 0 saturated heterocycles. The first kappa shape index (κ1) is 16.0. The second-order valence-corrected chi connectivity index (χ2v) is 6.72. The molecule has 1 aromatic rings. The number of carboxylic acid groups (broad SMARTS) is 1. The summed E-state index contributed by atoms with van der Waals surface area (Å²) in [6, 6.07) is 7.57. The van der Waals surface area contributed by atoms with Gasteiger partial charge in [0, 0.05) is 4.47 Å². The lowest BCUT2D eigenvalue weighted by atomic mass is 9.74. The van der Waals surface area contributed by atoms with E-state index in [0.29, 0.717) is 12.8 Å². The Morgan fingerprint density at radius 2 is 2.10 bits per heavy atom. The fourth-order valence-corrected chi connectivity index (χ4v) is 3.48. The van der Waals surface area contributed by atoms with Crippen LogP contribution in [0.25, 0.3) is 0 Å². The van der Waals surface area contributed by atoms with Gasteiger partial charge in [-0.25, -0.2) is 0 Å². The fraction of sp³-hybridized carbons (Fsp3) is 0.500. The molecule has 1 aromatic carbocycles. The van der Waals surface area contributed by atoms with Crippen molar-refractivity contribution in [2.45, 2.75) is 44.6 Å². The quantitative estimate of drug-likeness (QED) is 0.873. The average Bonchev–Trinajstić information content (AvgIpc) is 2.41. The molecule has 0 aliphatic heterocycles. The Labute approximate surface area is 133 Å². The van der Waals surface area contributed by atoms with Gasteiger partial charge in [-0.1, -0.05) is 47.0 Å². The van der Waals surface area contributed by atoms with Crippen molar-refractivity contribution in [3.8, 4) is 0 Å². The minimum absolute atomic E-state index is 0.127. The highest BCUT2D eigenvalue weighted by Gasteiger charge is 2.42. The molecule has 0 aromatic heterocycles. The topological polar surface area (TPSA) is 66.4 Å². The van der Waals surface area contributed by atoms with Crippen LogP contribution in [0.2, 0.25) is 0 Å². The predicted octanol–water partition coefficient (Wildman–Crippen LogP) is 3.14. The lowest BCUT2D eigenvalue weighted by Crippen LogP contribution is -2.55. The summed E-state index contributed by atoms with van der Waals surface area (Å²) in [6.45, 7) is 1.85. The Bertz CT molecular complexity index is 546. The van der Waals surface area contributed by atoms with Gasteiger partial charge in [-0.05, 0) is 31.4 Å². The minimum Gasteiger partial charge on any atom is -0.481 e. The number of nitrogens with one attached hydrogen (secondary N) is 1. The van der Waals surface area contributed by atoms with E-state index < -0.39 is 17.4 Å². The highest BCUT2D eigenvalue weighted by Crippen LogP contribution is 2.34. The number of benzene rings is 1. The number of amides is 1. The van der Waals surface area contributed by atoms with Gasteiger partial charge in [0.2, 0.25) is 5.91 Å². The van der Waals surface area contributed by atoms with Crippen molar-refractivity contribution in [2.24, 2.45) is 5.92 Å². The number of carbonyl (C=O) groups is 2. The van der Waals surface area contributed by atoms with Crippen LogP contribution >= 0.6 is 15.9 Å². The zero-order chi connectivity index (χ0) is 15.5. The Kier molecular flexibility index (Phi) is 5.04. The van der Waals surface area contributed by atoms with E-state index in [4.69, 9.17) is 0 Å². The summed E-state index contributed by atoms with van der Waals surface area (Å²) < 4.78 is 0.892. The van der Waals surface area contributed by atoms with Crippen LogP contribution in [0, 0.1) is 5.92 Å². The standard InChI is InChI=1S/C16H20BrNO3/c1-16(9-5-4-7-12(16)15(20)21)18-14(19)10-11-6-2-3-8-13(11)17/h2-3,6,8,12H,4-5,7,9-10H2,1H3,(H,18,19)(H,20,21). The van der Waals surface area contributed by atoms with Crippen LogP contribution in [-0.4, -0.2) is 22.5 Å². The molecule has 2 N–H and O–H groups in total. The smallest absolute Gasteiger partial charge is 0.308 e. The molecule has 1 amide bonds. The normalized spacial score (nSPS) is 25.3. The van der Waals surface area contributed by atoms with Gasteiger partial charge in [-0.2, -0.15) is 0 Å². The number of carboxylic acids is 1. The van der Waals surface area contributed by atoms with Crippen LogP contribution < -0.4 is 5.32 Å². The molecule has 1 aliphatic rings. The molecule has 21 heavy (non-hydrogen) atoms. The molecule has 1 fully saturated rings. The molecule has 0 bridgehead atoms. The lowest BCUT2D eigenvalue weighted by Gasteiger charge is -2.39. The summed E-state index contributed by atoms with van der Waals surface area (Å²) in [5, 5.41) is 12.3. The maximum absolute atomic E-state index is 12.3. The molecule has 2 rings (SSSR count). The first-order chi connectivity index (χ1) is 9.92. The number of carbonyl (C=O) groups excluding carboxylic acids is 1. The van der Waals surface area contributed by atoms with E-state index in [1.807, 2.05) is 31.2 Å². The van der Waals surface area contributed by atoms with Crippen molar-refractivity contribution in [3.63, 3.8) is 0 Å². The van der Waals surface area contributed by atoms with E-state index in [2.05, 4.69) is 21.2 Å². The third kappa shape index (κ3) is 3.84. The second kappa shape index (κ2) is 6.60. The third-order valence-electron chi connectivity index (χ3n) is 4.24. The van der Waals surface area contributed by atoms with Crippen LogP contribution in [0.5, 0.6) is 0 Å². The molecule has 1 saturated carbocycles. The van der Waals surface area contributed by atoms with Gasteiger partial charge >= 0.3 is 5.97 Å². The molecule has 2 unspecified atom stereocenters. The molecular formula is C16H20BrNO3. The Morgan fingerprint density at radius 3 is 2.76 bits per heavy atom. The Balaban J connectivity index is 2.07. The van der Waals surface area contributed by atoms with Crippen molar-refractivity contribution >= 4 is 27.8 Å². The van der Waals surface area contributed by atoms with Crippen molar-refractivity contribution in [1.82, 2.24) is 5.32 Å². The van der Waals surface area contributed by atoms with E-state index in [0.717, 1.165) is 22.9 Å². The third-order valence-corrected chi connectivity index (χ3v) is 5.01.